The van der Waals surface area contributed by atoms with Gasteiger partial charge in [-0.1, -0.05) is 28.1 Å². The first-order valence-corrected chi connectivity index (χ1v) is 9.54. The van der Waals surface area contributed by atoms with Crippen LogP contribution in [0.5, 0.6) is 5.75 Å². The van der Waals surface area contributed by atoms with Gasteiger partial charge in [-0.25, -0.2) is 4.39 Å². The Balaban J connectivity index is 1.66. The standard InChI is InChI=1S/C20H20BrF4NO/c21-17-5-6-19(15(11-17)12-26-9-7-18(22)8-10-26)27-13-14-1-3-16(4-2-14)20(23,24)25/h1-6,11,18H,7-10,12-13H2. The molecule has 0 aliphatic carbocycles. The molecule has 146 valence electrons. The molecular formula is C20H20BrF4NO. The largest absolute Gasteiger partial charge is 0.489 e. The van der Waals surface area contributed by atoms with Crippen molar-refractivity contribution in [3.05, 3.63) is 63.6 Å². The van der Waals surface area contributed by atoms with Crippen molar-refractivity contribution in [3.8, 4) is 5.75 Å². The van der Waals surface area contributed by atoms with Crippen molar-refractivity contribution < 1.29 is 22.3 Å². The first-order chi connectivity index (χ1) is 12.8. The van der Waals surface area contributed by atoms with Crippen LogP contribution in [0.25, 0.3) is 0 Å². The van der Waals surface area contributed by atoms with Crippen molar-refractivity contribution in [3.63, 3.8) is 0 Å². The smallest absolute Gasteiger partial charge is 0.416 e. The van der Waals surface area contributed by atoms with Crippen molar-refractivity contribution in [2.75, 3.05) is 13.1 Å². The summed E-state index contributed by atoms with van der Waals surface area (Å²) < 4.78 is 58.0. The summed E-state index contributed by atoms with van der Waals surface area (Å²) in [5.41, 5.74) is 0.954. The van der Waals surface area contributed by atoms with Crippen molar-refractivity contribution >= 4 is 15.9 Å². The molecule has 1 aliphatic heterocycles. The van der Waals surface area contributed by atoms with Gasteiger partial charge in [-0.15, -0.1) is 0 Å². The maximum Gasteiger partial charge on any atom is 0.416 e. The molecule has 0 bridgehead atoms. The second kappa shape index (κ2) is 8.61. The van der Waals surface area contributed by atoms with Gasteiger partial charge >= 0.3 is 6.18 Å². The number of nitrogens with zero attached hydrogens (tertiary/aromatic N) is 1. The molecule has 1 fully saturated rings. The molecule has 0 amide bonds. The summed E-state index contributed by atoms with van der Waals surface area (Å²) in [6.07, 6.45) is -3.99. The van der Waals surface area contributed by atoms with Gasteiger partial charge in [0, 0.05) is 29.7 Å². The van der Waals surface area contributed by atoms with E-state index in [0.717, 1.165) is 22.2 Å². The third-order valence-electron chi connectivity index (χ3n) is 4.61. The highest BCUT2D eigenvalue weighted by Gasteiger charge is 2.29. The molecule has 0 saturated carbocycles. The van der Waals surface area contributed by atoms with Crippen LogP contribution in [-0.4, -0.2) is 24.2 Å². The normalized spacial score (nSPS) is 16.5. The highest BCUT2D eigenvalue weighted by Crippen LogP contribution is 2.30. The minimum absolute atomic E-state index is 0.180. The maximum absolute atomic E-state index is 13.3. The van der Waals surface area contributed by atoms with E-state index in [9.17, 15) is 17.6 Å². The lowest BCUT2D eigenvalue weighted by molar-refractivity contribution is -0.137. The van der Waals surface area contributed by atoms with Gasteiger partial charge in [0.2, 0.25) is 0 Å². The van der Waals surface area contributed by atoms with Crippen LogP contribution in [0.1, 0.15) is 29.5 Å². The molecular weight excluding hydrogens is 426 g/mol. The number of halogens is 5. The van der Waals surface area contributed by atoms with Gasteiger partial charge in [-0.05, 0) is 48.7 Å². The molecule has 3 rings (SSSR count). The summed E-state index contributed by atoms with van der Waals surface area (Å²) in [6, 6.07) is 10.6. The highest BCUT2D eigenvalue weighted by molar-refractivity contribution is 9.10. The van der Waals surface area contributed by atoms with Crippen molar-refractivity contribution in [2.24, 2.45) is 0 Å². The third kappa shape index (κ3) is 5.69. The molecule has 0 atom stereocenters. The van der Waals surface area contributed by atoms with Crippen LogP contribution in [0.3, 0.4) is 0 Å². The number of hydrogen-bond donors (Lipinski definition) is 0. The second-order valence-corrected chi connectivity index (χ2v) is 7.60. The number of benzene rings is 2. The predicted molar refractivity (Wildman–Crippen MR) is 99.3 cm³/mol. The van der Waals surface area contributed by atoms with Gasteiger partial charge in [-0.2, -0.15) is 13.2 Å². The Bertz CT molecular complexity index is 756. The molecule has 0 aromatic heterocycles. The van der Waals surface area contributed by atoms with E-state index in [1.165, 1.54) is 12.1 Å². The van der Waals surface area contributed by atoms with Crippen LogP contribution in [0.4, 0.5) is 17.6 Å². The number of likely N-dealkylation sites (tertiary alicyclic amines) is 1. The fourth-order valence-corrected chi connectivity index (χ4v) is 3.47. The number of hydrogen-bond acceptors (Lipinski definition) is 2. The summed E-state index contributed by atoms with van der Waals surface area (Å²) >= 11 is 3.45. The molecule has 7 heteroatoms. The third-order valence-corrected chi connectivity index (χ3v) is 5.10. The van der Waals surface area contributed by atoms with Crippen LogP contribution >= 0.6 is 15.9 Å². The minimum Gasteiger partial charge on any atom is -0.489 e. The molecule has 2 aromatic rings. The van der Waals surface area contributed by atoms with Crippen LogP contribution in [0.2, 0.25) is 0 Å². The zero-order valence-electron chi connectivity index (χ0n) is 14.6. The zero-order chi connectivity index (χ0) is 19.4. The average Bonchev–Trinajstić information content (AvgIpc) is 2.63. The second-order valence-electron chi connectivity index (χ2n) is 6.69. The number of alkyl halides is 4. The Morgan fingerprint density at radius 3 is 2.33 bits per heavy atom. The summed E-state index contributed by atoms with van der Waals surface area (Å²) in [7, 11) is 0. The predicted octanol–water partition coefficient (Wildman–Crippen LogP) is 5.98. The van der Waals surface area contributed by atoms with E-state index in [4.69, 9.17) is 4.74 Å². The molecule has 1 saturated heterocycles. The van der Waals surface area contributed by atoms with E-state index in [2.05, 4.69) is 20.8 Å². The molecule has 0 N–H and O–H groups in total. The van der Waals surface area contributed by atoms with E-state index in [1.807, 2.05) is 18.2 Å². The zero-order valence-corrected chi connectivity index (χ0v) is 16.2. The van der Waals surface area contributed by atoms with Gasteiger partial charge in [0.15, 0.2) is 0 Å². The lowest BCUT2D eigenvalue weighted by atomic mass is 10.1. The Hall–Kier alpha value is -1.60. The van der Waals surface area contributed by atoms with E-state index >= 15 is 0 Å². The van der Waals surface area contributed by atoms with Crippen LogP contribution in [0, 0.1) is 0 Å². The van der Waals surface area contributed by atoms with E-state index in [1.54, 1.807) is 0 Å². The molecule has 0 radical (unpaired) electrons. The van der Waals surface area contributed by atoms with Crippen molar-refractivity contribution in [1.82, 2.24) is 4.90 Å². The van der Waals surface area contributed by atoms with E-state index in [-0.39, 0.29) is 6.61 Å². The highest BCUT2D eigenvalue weighted by atomic mass is 79.9. The molecule has 0 unspecified atom stereocenters. The summed E-state index contributed by atoms with van der Waals surface area (Å²) in [6.45, 7) is 2.23. The van der Waals surface area contributed by atoms with Gasteiger partial charge in [0.05, 0.1) is 5.56 Å². The topological polar surface area (TPSA) is 12.5 Å². The Morgan fingerprint density at radius 2 is 1.70 bits per heavy atom. The summed E-state index contributed by atoms with van der Waals surface area (Å²) in [5, 5.41) is 0. The number of piperidine rings is 1. The first-order valence-electron chi connectivity index (χ1n) is 8.75. The van der Waals surface area contributed by atoms with E-state index < -0.39 is 17.9 Å². The van der Waals surface area contributed by atoms with Crippen molar-refractivity contribution in [1.29, 1.82) is 0 Å². The van der Waals surface area contributed by atoms with Gasteiger partial charge in [0.25, 0.3) is 0 Å². The molecule has 27 heavy (non-hydrogen) atoms. The minimum atomic E-state index is -4.34. The molecule has 0 spiro atoms. The maximum atomic E-state index is 13.3. The molecule has 2 aromatic carbocycles. The van der Waals surface area contributed by atoms with Gasteiger partial charge < -0.3 is 4.74 Å². The Labute approximate surface area is 164 Å². The monoisotopic (exact) mass is 445 g/mol. The SMILES string of the molecule is FC1CCN(Cc2cc(Br)ccc2OCc2ccc(C(F)(F)F)cc2)CC1. The van der Waals surface area contributed by atoms with E-state index in [0.29, 0.717) is 43.8 Å². The van der Waals surface area contributed by atoms with Crippen molar-refractivity contribution in [2.45, 2.75) is 38.3 Å². The summed E-state index contributed by atoms with van der Waals surface area (Å²) in [4.78, 5) is 2.18. The van der Waals surface area contributed by atoms with Gasteiger partial charge in [0.1, 0.15) is 18.5 Å². The number of rotatable bonds is 5. The Kier molecular flexibility index (Phi) is 6.42. The fraction of sp³-hybridized carbons (Fsp3) is 0.400. The summed E-state index contributed by atoms with van der Waals surface area (Å²) in [5.74, 6) is 0.681. The molecule has 2 nitrogen and oxygen atoms in total. The molecule has 1 aliphatic rings. The average molecular weight is 446 g/mol. The first kappa shape index (κ1) is 20.1. The number of ether oxygens (including phenoxy) is 1. The Morgan fingerprint density at radius 1 is 1.04 bits per heavy atom. The van der Waals surface area contributed by atoms with Crippen LogP contribution < -0.4 is 4.74 Å². The van der Waals surface area contributed by atoms with Gasteiger partial charge in [-0.3, -0.25) is 4.90 Å². The van der Waals surface area contributed by atoms with Crippen LogP contribution in [0.15, 0.2) is 46.9 Å². The lowest BCUT2D eigenvalue weighted by Crippen LogP contribution is -2.33. The quantitative estimate of drug-likeness (QED) is 0.524. The fourth-order valence-electron chi connectivity index (χ4n) is 3.06. The molecule has 1 heterocycles. The lowest BCUT2D eigenvalue weighted by Gasteiger charge is -2.29. The van der Waals surface area contributed by atoms with Crippen LogP contribution in [-0.2, 0) is 19.3 Å².